The van der Waals surface area contributed by atoms with Gasteiger partial charge in [-0.15, -0.1) is 0 Å². The summed E-state index contributed by atoms with van der Waals surface area (Å²) in [5.74, 6) is -0.316. The van der Waals surface area contributed by atoms with Crippen LogP contribution in [0.4, 0.5) is 14.6 Å². The first kappa shape index (κ1) is 24.3. The Hall–Kier alpha value is -3.43. The minimum Gasteiger partial charge on any atom is -0.507 e. The lowest BCUT2D eigenvalue weighted by atomic mass is 10.0. The van der Waals surface area contributed by atoms with E-state index in [0.29, 0.717) is 35.9 Å². The SMILES string of the molecule is CN(Cc1ncccn1)Cc1nc(N2CCCCC2)c2cc(Cl)c(-c3c(O)cccc3F)c(F)c2n1. The average molecular weight is 511 g/mol. The van der Waals surface area contributed by atoms with Crippen molar-refractivity contribution >= 4 is 28.3 Å². The molecule has 0 amide bonds. The van der Waals surface area contributed by atoms with E-state index in [4.69, 9.17) is 16.6 Å². The van der Waals surface area contributed by atoms with Gasteiger partial charge in [0.05, 0.1) is 23.7 Å². The molecule has 5 rings (SSSR count). The Bertz CT molecular complexity index is 1380. The normalized spacial score (nSPS) is 14.1. The molecule has 0 radical (unpaired) electrons. The van der Waals surface area contributed by atoms with E-state index in [1.165, 1.54) is 12.1 Å². The highest BCUT2D eigenvalue weighted by Crippen LogP contribution is 2.42. The monoisotopic (exact) mass is 510 g/mol. The molecule has 3 heterocycles. The first-order valence-electron chi connectivity index (χ1n) is 11.8. The topological polar surface area (TPSA) is 78.3 Å². The van der Waals surface area contributed by atoms with Gasteiger partial charge in [0.15, 0.2) is 5.82 Å². The Morgan fingerprint density at radius 3 is 2.42 bits per heavy atom. The zero-order chi connectivity index (χ0) is 25.2. The Balaban J connectivity index is 1.63. The maximum Gasteiger partial charge on any atom is 0.159 e. The van der Waals surface area contributed by atoms with Gasteiger partial charge in [0.25, 0.3) is 0 Å². The van der Waals surface area contributed by atoms with Crippen LogP contribution >= 0.6 is 11.6 Å². The number of piperidine rings is 1. The van der Waals surface area contributed by atoms with Gasteiger partial charge in [-0.05, 0) is 50.6 Å². The molecule has 7 nitrogen and oxygen atoms in total. The molecule has 10 heteroatoms. The van der Waals surface area contributed by atoms with Crippen molar-refractivity contribution < 1.29 is 13.9 Å². The second-order valence-corrected chi connectivity index (χ2v) is 9.33. The molecule has 36 heavy (non-hydrogen) atoms. The van der Waals surface area contributed by atoms with Gasteiger partial charge in [-0.3, -0.25) is 4.90 Å². The van der Waals surface area contributed by atoms with Gasteiger partial charge in [-0.1, -0.05) is 17.7 Å². The minimum absolute atomic E-state index is 0.0200. The number of anilines is 1. The number of rotatable bonds is 6. The number of hydrogen-bond donors (Lipinski definition) is 1. The van der Waals surface area contributed by atoms with Crippen LogP contribution in [0.15, 0.2) is 42.7 Å². The molecule has 186 valence electrons. The van der Waals surface area contributed by atoms with Crippen LogP contribution in [0.25, 0.3) is 22.0 Å². The zero-order valence-corrected chi connectivity index (χ0v) is 20.5. The fourth-order valence-electron chi connectivity index (χ4n) is 4.58. The van der Waals surface area contributed by atoms with Crippen molar-refractivity contribution in [2.24, 2.45) is 0 Å². The third-order valence-corrected chi connectivity index (χ3v) is 6.55. The van der Waals surface area contributed by atoms with Crippen LogP contribution < -0.4 is 4.90 Å². The van der Waals surface area contributed by atoms with E-state index in [1.807, 2.05) is 11.9 Å². The van der Waals surface area contributed by atoms with E-state index in [0.717, 1.165) is 38.4 Å². The summed E-state index contributed by atoms with van der Waals surface area (Å²) in [7, 11) is 1.88. The number of nitrogens with zero attached hydrogens (tertiary/aromatic N) is 6. The molecule has 1 aliphatic rings. The average Bonchev–Trinajstić information content (AvgIpc) is 2.87. The molecule has 0 unspecified atom stereocenters. The second kappa shape index (κ2) is 10.3. The van der Waals surface area contributed by atoms with Crippen molar-refractivity contribution in [2.45, 2.75) is 32.4 Å². The molecular formula is C26H25ClF2N6O. The van der Waals surface area contributed by atoms with Crippen molar-refractivity contribution in [2.75, 3.05) is 25.0 Å². The Kier molecular flexibility index (Phi) is 6.93. The van der Waals surface area contributed by atoms with Gasteiger partial charge in [-0.2, -0.15) is 0 Å². The van der Waals surface area contributed by atoms with Gasteiger partial charge in [0.2, 0.25) is 0 Å². The van der Waals surface area contributed by atoms with E-state index in [9.17, 15) is 9.50 Å². The molecule has 1 N–H and O–H groups in total. The maximum atomic E-state index is 16.1. The number of aromatic hydroxyl groups is 1. The number of aromatic nitrogens is 4. The van der Waals surface area contributed by atoms with E-state index in [2.05, 4.69) is 19.9 Å². The summed E-state index contributed by atoms with van der Waals surface area (Å²) in [6.45, 7) is 2.35. The number of fused-ring (bicyclic) bond motifs is 1. The van der Waals surface area contributed by atoms with Crippen molar-refractivity contribution in [3.05, 3.63) is 71.0 Å². The number of hydrogen-bond acceptors (Lipinski definition) is 7. The molecule has 0 spiro atoms. The fourth-order valence-corrected chi connectivity index (χ4v) is 4.87. The van der Waals surface area contributed by atoms with Crippen LogP contribution in [-0.2, 0) is 13.1 Å². The maximum absolute atomic E-state index is 16.1. The van der Waals surface area contributed by atoms with Gasteiger partial charge in [-0.25, -0.2) is 28.7 Å². The quantitative estimate of drug-likeness (QED) is 0.375. The summed E-state index contributed by atoms with van der Waals surface area (Å²) in [6.07, 6.45) is 6.48. The zero-order valence-electron chi connectivity index (χ0n) is 19.8. The Morgan fingerprint density at radius 1 is 0.972 bits per heavy atom. The third kappa shape index (κ3) is 4.81. The summed E-state index contributed by atoms with van der Waals surface area (Å²) in [5.41, 5.74) is -0.480. The molecule has 0 bridgehead atoms. The van der Waals surface area contributed by atoms with Crippen LogP contribution in [0.3, 0.4) is 0 Å². The summed E-state index contributed by atoms with van der Waals surface area (Å²) in [4.78, 5) is 21.9. The predicted molar refractivity (Wildman–Crippen MR) is 135 cm³/mol. The van der Waals surface area contributed by atoms with Gasteiger partial charge in [0.1, 0.15) is 34.6 Å². The van der Waals surface area contributed by atoms with Crippen molar-refractivity contribution in [3.63, 3.8) is 0 Å². The lowest BCUT2D eigenvalue weighted by Crippen LogP contribution is -2.31. The van der Waals surface area contributed by atoms with E-state index in [-0.39, 0.29) is 21.7 Å². The minimum atomic E-state index is -0.797. The molecule has 2 aromatic carbocycles. The summed E-state index contributed by atoms with van der Waals surface area (Å²) < 4.78 is 30.8. The van der Waals surface area contributed by atoms with Crippen LogP contribution in [-0.4, -0.2) is 50.1 Å². The van der Waals surface area contributed by atoms with E-state index < -0.39 is 17.4 Å². The van der Waals surface area contributed by atoms with Crippen molar-refractivity contribution in [1.29, 1.82) is 0 Å². The van der Waals surface area contributed by atoms with E-state index >= 15 is 4.39 Å². The van der Waals surface area contributed by atoms with Gasteiger partial charge >= 0.3 is 0 Å². The highest BCUT2D eigenvalue weighted by molar-refractivity contribution is 6.34. The molecule has 1 aliphatic heterocycles. The molecule has 0 atom stereocenters. The van der Waals surface area contributed by atoms with Crippen molar-refractivity contribution in [3.8, 4) is 16.9 Å². The smallest absolute Gasteiger partial charge is 0.159 e. The number of phenolic OH excluding ortho intramolecular Hbond substituents is 1. The number of benzene rings is 2. The molecular weight excluding hydrogens is 486 g/mol. The van der Waals surface area contributed by atoms with Crippen LogP contribution in [0, 0.1) is 11.6 Å². The van der Waals surface area contributed by atoms with Gasteiger partial charge in [0, 0.05) is 36.4 Å². The summed E-state index contributed by atoms with van der Waals surface area (Å²) in [5, 5.41) is 10.7. The highest BCUT2D eigenvalue weighted by Gasteiger charge is 2.25. The van der Waals surface area contributed by atoms with Crippen molar-refractivity contribution in [1.82, 2.24) is 24.8 Å². The lowest BCUT2D eigenvalue weighted by molar-refractivity contribution is 0.303. The highest BCUT2D eigenvalue weighted by atomic mass is 35.5. The summed E-state index contributed by atoms with van der Waals surface area (Å²) >= 11 is 6.50. The first-order valence-corrected chi connectivity index (χ1v) is 12.2. The number of halogens is 3. The molecule has 1 saturated heterocycles. The Labute approximate surface area is 212 Å². The van der Waals surface area contributed by atoms with Crippen LogP contribution in [0.2, 0.25) is 5.02 Å². The largest absolute Gasteiger partial charge is 0.507 e. The molecule has 2 aromatic heterocycles. The van der Waals surface area contributed by atoms with Crippen LogP contribution in [0.5, 0.6) is 5.75 Å². The first-order chi connectivity index (χ1) is 17.4. The molecule has 4 aromatic rings. The third-order valence-electron chi connectivity index (χ3n) is 6.25. The standard InChI is InChI=1S/C26H25ClF2N6O/c1-34(14-20-30-9-6-10-31-20)15-21-32-25-16(26(33-21)35-11-3-2-4-12-35)13-17(27)22(24(25)29)23-18(28)7-5-8-19(23)36/h5-10,13,36H,2-4,11-12,14-15H2,1H3. The molecule has 0 aliphatic carbocycles. The number of phenols is 1. The second-order valence-electron chi connectivity index (χ2n) is 8.93. The predicted octanol–water partition coefficient (Wildman–Crippen LogP) is 5.35. The van der Waals surface area contributed by atoms with Gasteiger partial charge < -0.3 is 10.0 Å². The Morgan fingerprint density at radius 2 is 1.69 bits per heavy atom. The summed E-state index contributed by atoms with van der Waals surface area (Å²) in [6, 6.07) is 7.11. The molecule has 0 saturated carbocycles. The lowest BCUT2D eigenvalue weighted by Gasteiger charge is -2.29. The fraction of sp³-hybridized carbons (Fsp3) is 0.308. The molecule has 1 fully saturated rings. The van der Waals surface area contributed by atoms with Crippen LogP contribution in [0.1, 0.15) is 30.9 Å². The van der Waals surface area contributed by atoms with E-state index in [1.54, 1.807) is 24.5 Å².